The number of likely N-dealkylation sites (N-methyl/N-ethyl adjacent to an activating group) is 1. The normalized spacial score (nSPS) is 14.6. The number of phosphoric acid groups is 1. The SMILES string of the molecule is CCCCCCC/C=C\C/C=C\C/C=C\CCCCCCCCCCCCCCC(=O)NC(COP(=O)([O-])OCC[N+](C)(C)C)C(O)CCCCCCCCC. The molecule has 3 unspecified atom stereocenters. The molecular formula is C47H91N2O6P. The second-order valence-corrected chi connectivity index (χ2v) is 18.5. The number of amides is 1. The zero-order chi connectivity index (χ0) is 41.4. The molecule has 0 spiro atoms. The van der Waals surface area contributed by atoms with Gasteiger partial charge >= 0.3 is 0 Å². The zero-order valence-electron chi connectivity index (χ0n) is 37.3. The third-order valence-corrected chi connectivity index (χ3v) is 11.3. The van der Waals surface area contributed by atoms with Gasteiger partial charge in [-0.3, -0.25) is 9.36 Å². The Hall–Kier alpha value is -1.28. The molecule has 0 aromatic carbocycles. The van der Waals surface area contributed by atoms with Gasteiger partial charge in [0.1, 0.15) is 13.2 Å². The first-order valence-electron chi connectivity index (χ1n) is 23.3. The van der Waals surface area contributed by atoms with E-state index in [4.69, 9.17) is 9.05 Å². The van der Waals surface area contributed by atoms with E-state index in [0.717, 1.165) is 51.4 Å². The number of unbranched alkanes of at least 4 members (excludes halogenated alkanes) is 23. The van der Waals surface area contributed by atoms with Crippen LogP contribution in [0, 0.1) is 0 Å². The Balaban J connectivity index is 4.04. The number of quaternary nitrogens is 1. The third-order valence-electron chi connectivity index (χ3n) is 10.4. The van der Waals surface area contributed by atoms with Crippen molar-refractivity contribution in [1.29, 1.82) is 0 Å². The van der Waals surface area contributed by atoms with Crippen molar-refractivity contribution in [3.05, 3.63) is 36.5 Å². The lowest BCUT2D eigenvalue weighted by Crippen LogP contribution is -2.46. The maximum Gasteiger partial charge on any atom is 0.268 e. The molecule has 0 saturated carbocycles. The summed E-state index contributed by atoms with van der Waals surface area (Å²) in [6.07, 6.45) is 47.5. The summed E-state index contributed by atoms with van der Waals surface area (Å²) in [6, 6.07) is -0.798. The molecule has 1 amide bonds. The number of nitrogens with zero attached hydrogens (tertiary/aromatic N) is 1. The Morgan fingerprint density at radius 2 is 1.04 bits per heavy atom. The van der Waals surface area contributed by atoms with E-state index in [-0.39, 0.29) is 19.1 Å². The molecule has 0 radical (unpaired) electrons. The van der Waals surface area contributed by atoms with E-state index < -0.39 is 20.0 Å². The smallest absolute Gasteiger partial charge is 0.268 e. The average Bonchev–Trinajstić information content (AvgIpc) is 3.15. The lowest BCUT2D eigenvalue weighted by molar-refractivity contribution is -0.870. The highest BCUT2D eigenvalue weighted by atomic mass is 31.2. The number of carbonyl (C=O) groups is 1. The fourth-order valence-corrected chi connectivity index (χ4v) is 7.36. The van der Waals surface area contributed by atoms with E-state index in [9.17, 15) is 19.4 Å². The van der Waals surface area contributed by atoms with Crippen LogP contribution >= 0.6 is 7.82 Å². The minimum absolute atomic E-state index is 0.0110. The summed E-state index contributed by atoms with van der Waals surface area (Å²) >= 11 is 0. The number of rotatable bonds is 42. The molecule has 9 heteroatoms. The molecule has 0 aromatic heterocycles. The molecule has 56 heavy (non-hydrogen) atoms. The first-order chi connectivity index (χ1) is 27.0. The average molecular weight is 811 g/mol. The number of allylic oxidation sites excluding steroid dienone is 6. The molecular weight excluding hydrogens is 719 g/mol. The molecule has 0 bridgehead atoms. The highest BCUT2D eigenvalue weighted by Crippen LogP contribution is 2.38. The molecule has 3 atom stereocenters. The highest BCUT2D eigenvalue weighted by molar-refractivity contribution is 7.45. The van der Waals surface area contributed by atoms with Gasteiger partial charge in [0.15, 0.2) is 0 Å². The molecule has 2 N–H and O–H groups in total. The molecule has 0 rings (SSSR count). The summed E-state index contributed by atoms with van der Waals surface area (Å²) in [7, 11) is 1.30. The molecule has 0 fully saturated rings. The van der Waals surface area contributed by atoms with Crippen molar-refractivity contribution in [3.63, 3.8) is 0 Å². The van der Waals surface area contributed by atoms with Gasteiger partial charge < -0.3 is 28.8 Å². The topological polar surface area (TPSA) is 108 Å². The molecule has 0 aliphatic heterocycles. The van der Waals surface area contributed by atoms with Gasteiger partial charge in [-0.25, -0.2) is 0 Å². The summed E-state index contributed by atoms with van der Waals surface area (Å²) in [4.78, 5) is 25.2. The third kappa shape index (κ3) is 40.9. The zero-order valence-corrected chi connectivity index (χ0v) is 38.2. The lowest BCUT2D eigenvalue weighted by Gasteiger charge is -2.30. The Labute approximate surface area is 347 Å². The Morgan fingerprint density at radius 3 is 1.50 bits per heavy atom. The summed E-state index contributed by atoms with van der Waals surface area (Å²) < 4.78 is 23.1. The van der Waals surface area contributed by atoms with Gasteiger partial charge in [0.25, 0.3) is 7.82 Å². The van der Waals surface area contributed by atoms with Crippen molar-refractivity contribution >= 4 is 13.7 Å². The van der Waals surface area contributed by atoms with Crippen molar-refractivity contribution in [2.45, 2.75) is 219 Å². The number of hydrogen-bond donors (Lipinski definition) is 2. The van der Waals surface area contributed by atoms with Crippen molar-refractivity contribution in [2.75, 3.05) is 40.9 Å². The maximum atomic E-state index is 12.8. The predicted molar refractivity (Wildman–Crippen MR) is 238 cm³/mol. The Bertz CT molecular complexity index is 1010. The van der Waals surface area contributed by atoms with Crippen LogP contribution < -0.4 is 10.2 Å². The molecule has 0 aliphatic carbocycles. The molecule has 330 valence electrons. The summed E-state index contributed by atoms with van der Waals surface area (Å²) in [5.41, 5.74) is 0. The van der Waals surface area contributed by atoms with Gasteiger partial charge in [0, 0.05) is 6.42 Å². The van der Waals surface area contributed by atoms with Gasteiger partial charge in [-0.15, -0.1) is 0 Å². The number of carbonyl (C=O) groups excluding carboxylic acids is 1. The Kier molecular flexibility index (Phi) is 38.3. The molecule has 8 nitrogen and oxygen atoms in total. The van der Waals surface area contributed by atoms with Crippen LogP contribution in [0.25, 0.3) is 0 Å². The van der Waals surface area contributed by atoms with Gasteiger partial charge in [0.05, 0.1) is 39.9 Å². The van der Waals surface area contributed by atoms with Crippen molar-refractivity contribution in [2.24, 2.45) is 0 Å². The van der Waals surface area contributed by atoms with Gasteiger partial charge in [-0.05, 0) is 51.4 Å². The largest absolute Gasteiger partial charge is 0.756 e. The van der Waals surface area contributed by atoms with E-state index in [0.29, 0.717) is 23.9 Å². The van der Waals surface area contributed by atoms with E-state index in [1.807, 2.05) is 21.1 Å². The fourth-order valence-electron chi connectivity index (χ4n) is 6.63. The number of hydrogen-bond acceptors (Lipinski definition) is 6. The first kappa shape index (κ1) is 54.7. The lowest BCUT2D eigenvalue weighted by atomic mass is 10.0. The van der Waals surface area contributed by atoms with E-state index >= 15 is 0 Å². The van der Waals surface area contributed by atoms with Crippen LogP contribution in [-0.4, -0.2) is 68.5 Å². The van der Waals surface area contributed by atoms with Gasteiger partial charge in [-0.2, -0.15) is 0 Å². The van der Waals surface area contributed by atoms with Crippen molar-refractivity contribution < 1.29 is 32.9 Å². The minimum atomic E-state index is -4.55. The second kappa shape index (κ2) is 39.2. The van der Waals surface area contributed by atoms with Crippen LogP contribution in [0.2, 0.25) is 0 Å². The van der Waals surface area contributed by atoms with Crippen LogP contribution in [0.3, 0.4) is 0 Å². The fraction of sp³-hybridized carbons (Fsp3) is 0.851. The quantitative estimate of drug-likeness (QED) is 0.0275. The van der Waals surface area contributed by atoms with E-state index in [2.05, 4.69) is 55.6 Å². The molecule has 0 aromatic rings. The number of aliphatic hydroxyl groups is 1. The highest BCUT2D eigenvalue weighted by Gasteiger charge is 2.24. The van der Waals surface area contributed by atoms with Gasteiger partial charge in [0.2, 0.25) is 5.91 Å². The first-order valence-corrected chi connectivity index (χ1v) is 24.8. The van der Waals surface area contributed by atoms with Gasteiger partial charge in [-0.1, -0.05) is 185 Å². The van der Waals surface area contributed by atoms with E-state index in [1.165, 1.54) is 128 Å². The molecule has 0 saturated heterocycles. The van der Waals surface area contributed by atoms with Crippen LogP contribution in [0.15, 0.2) is 36.5 Å². The van der Waals surface area contributed by atoms with Crippen LogP contribution in [0.4, 0.5) is 0 Å². The number of aliphatic hydroxyl groups excluding tert-OH is 1. The molecule has 0 aliphatic rings. The van der Waals surface area contributed by atoms with Crippen molar-refractivity contribution in [3.8, 4) is 0 Å². The summed E-state index contributed by atoms with van der Waals surface area (Å²) in [5, 5.41) is 13.8. The summed E-state index contributed by atoms with van der Waals surface area (Å²) in [5.74, 6) is -0.172. The standard InChI is InChI=1S/C47H91N2O6P/c1-6-8-10-12-14-15-16-17-18-19-20-21-22-23-24-25-26-27-28-29-30-31-32-33-35-37-39-41-47(51)48-45(46(50)40-38-36-34-13-11-9-7-2)44-55-56(52,53)54-43-42-49(3,4)5/h16-17,19-20,22-23,45-46,50H,6-15,18,21,24-44H2,1-5H3,(H-,48,51,52,53)/b17-16-,20-19-,23-22-. The number of phosphoric ester groups is 1. The molecule has 0 heterocycles. The monoisotopic (exact) mass is 811 g/mol. The second-order valence-electron chi connectivity index (χ2n) is 17.1. The predicted octanol–water partition coefficient (Wildman–Crippen LogP) is 12.5. The van der Waals surface area contributed by atoms with E-state index in [1.54, 1.807) is 0 Å². The number of nitrogens with one attached hydrogen (secondary N) is 1. The maximum absolute atomic E-state index is 12.8. The Morgan fingerprint density at radius 1 is 0.625 bits per heavy atom. The van der Waals surface area contributed by atoms with Crippen molar-refractivity contribution in [1.82, 2.24) is 5.32 Å². The van der Waals surface area contributed by atoms with Crippen LogP contribution in [-0.2, 0) is 18.4 Å². The van der Waals surface area contributed by atoms with Crippen LogP contribution in [0.5, 0.6) is 0 Å². The van der Waals surface area contributed by atoms with Crippen LogP contribution in [0.1, 0.15) is 206 Å². The minimum Gasteiger partial charge on any atom is -0.756 e. The summed E-state index contributed by atoms with van der Waals surface area (Å²) in [6.45, 7) is 4.65.